The van der Waals surface area contributed by atoms with Crippen LogP contribution in [0.4, 0.5) is 0 Å². The average molecular weight is 389 g/mol. The Balaban J connectivity index is 1.56. The Morgan fingerprint density at radius 3 is 2.57 bits per heavy atom. The number of nitrogens with zero attached hydrogens (tertiary/aromatic N) is 1. The summed E-state index contributed by atoms with van der Waals surface area (Å²) in [6, 6.07) is 21.3. The van der Waals surface area contributed by atoms with Gasteiger partial charge < -0.3 is 5.32 Å². The summed E-state index contributed by atoms with van der Waals surface area (Å²) in [6.45, 7) is 3.13. The first-order valence-corrected chi connectivity index (χ1v) is 10.5. The van der Waals surface area contributed by atoms with Gasteiger partial charge in [0.15, 0.2) is 0 Å². The van der Waals surface area contributed by atoms with E-state index in [1.807, 2.05) is 18.5 Å². The molecule has 0 aliphatic heterocycles. The number of unbranched alkanes of at least 4 members (excludes halogenated alkanes) is 1. The fourth-order valence-corrected chi connectivity index (χ4v) is 3.64. The van der Waals surface area contributed by atoms with Gasteiger partial charge in [0.2, 0.25) is 0 Å². The molecule has 0 amide bonds. The number of hydrogen-bond acceptors (Lipinski definition) is 2. The highest BCUT2D eigenvalue weighted by Crippen LogP contribution is 2.26. The van der Waals surface area contributed by atoms with Crippen LogP contribution in [0.15, 0.2) is 73.1 Å². The lowest BCUT2D eigenvalue weighted by Crippen LogP contribution is -2.23. The zero-order chi connectivity index (χ0) is 19.6. The van der Waals surface area contributed by atoms with Crippen LogP contribution in [-0.4, -0.2) is 16.5 Å². The van der Waals surface area contributed by atoms with E-state index in [4.69, 9.17) is 12.2 Å². The molecule has 0 aliphatic rings. The summed E-state index contributed by atoms with van der Waals surface area (Å²) in [6.07, 6.45) is 9.24. The molecule has 0 radical (unpaired) electrons. The molecule has 0 aliphatic carbocycles. The van der Waals surface area contributed by atoms with Crippen LogP contribution in [0, 0.1) is 0 Å². The van der Waals surface area contributed by atoms with Crippen molar-refractivity contribution in [3.8, 4) is 11.1 Å². The van der Waals surface area contributed by atoms with E-state index in [-0.39, 0.29) is 0 Å². The summed E-state index contributed by atoms with van der Waals surface area (Å²) in [4.78, 5) is 5.01. The lowest BCUT2D eigenvalue weighted by molar-refractivity contribution is 0.711. The van der Waals surface area contributed by atoms with Gasteiger partial charge in [-0.15, -0.1) is 0 Å². The molecule has 0 saturated heterocycles. The minimum absolute atomic E-state index is 0.846. The van der Waals surface area contributed by atoms with Gasteiger partial charge in [-0.25, -0.2) is 0 Å². The summed E-state index contributed by atoms with van der Waals surface area (Å²) in [5.41, 5.74) is 6.36. The third-order valence-electron chi connectivity index (χ3n) is 4.87. The Hall–Kier alpha value is -2.52. The molecule has 2 nitrogen and oxygen atoms in total. The lowest BCUT2D eigenvalue weighted by atomic mass is 9.95. The highest BCUT2D eigenvalue weighted by Gasteiger charge is 2.08. The highest BCUT2D eigenvalue weighted by molar-refractivity contribution is 7.80. The molecule has 3 heteroatoms. The molecule has 2 aromatic carbocycles. The molecule has 1 heterocycles. The quantitative estimate of drug-likeness (QED) is 0.360. The van der Waals surface area contributed by atoms with E-state index in [9.17, 15) is 0 Å². The van der Waals surface area contributed by atoms with E-state index in [0.29, 0.717) is 0 Å². The molecule has 1 N–H and O–H groups in total. The van der Waals surface area contributed by atoms with E-state index in [0.717, 1.165) is 49.2 Å². The van der Waals surface area contributed by atoms with Crippen LogP contribution in [0.5, 0.6) is 0 Å². The van der Waals surface area contributed by atoms with Gasteiger partial charge in [0.05, 0.1) is 0 Å². The van der Waals surface area contributed by atoms with E-state index in [2.05, 4.69) is 71.8 Å². The third-order valence-corrected chi connectivity index (χ3v) is 5.25. The molecule has 0 spiro atoms. The Bertz CT molecular complexity index is 876. The molecule has 3 rings (SSSR count). The normalized spacial score (nSPS) is 10.6. The maximum absolute atomic E-state index is 5.65. The maximum atomic E-state index is 5.65. The predicted molar refractivity (Wildman–Crippen MR) is 123 cm³/mol. The molecule has 3 aromatic rings. The van der Waals surface area contributed by atoms with Crippen molar-refractivity contribution in [3.05, 3.63) is 89.7 Å². The molecule has 28 heavy (non-hydrogen) atoms. The molecule has 1 aromatic heterocycles. The standard InChI is InChI=1S/C25H28N2S/c1-2-9-22-18-23(14-15-24(22)21-12-4-3-5-13-21)25(28)27-17-7-6-10-20-11-8-16-26-19-20/h3-5,8,11-16,18-19H,2,6-7,9-10,17H2,1H3,(H,27,28). The highest BCUT2D eigenvalue weighted by atomic mass is 32.1. The zero-order valence-corrected chi connectivity index (χ0v) is 17.3. The molecule has 0 fully saturated rings. The van der Waals surface area contributed by atoms with Crippen LogP contribution in [0.1, 0.15) is 42.9 Å². The number of hydrogen-bond donors (Lipinski definition) is 1. The molecule has 0 bridgehead atoms. The number of thiocarbonyl (C=S) groups is 1. The lowest BCUT2D eigenvalue weighted by Gasteiger charge is -2.13. The van der Waals surface area contributed by atoms with E-state index in [1.54, 1.807) is 0 Å². The van der Waals surface area contributed by atoms with Crippen molar-refractivity contribution in [2.24, 2.45) is 0 Å². The molecular weight excluding hydrogens is 360 g/mol. The van der Waals surface area contributed by atoms with Crippen molar-refractivity contribution in [1.29, 1.82) is 0 Å². The van der Waals surface area contributed by atoms with Crippen LogP contribution in [0.3, 0.4) is 0 Å². The van der Waals surface area contributed by atoms with Crippen molar-refractivity contribution in [2.45, 2.75) is 39.0 Å². The molecule has 0 atom stereocenters. The van der Waals surface area contributed by atoms with Gasteiger partial charge in [-0.2, -0.15) is 0 Å². The minimum atomic E-state index is 0.846. The van der Waals surface area contributed by atoms with Crippen molar-refractivity contribution < 1.29 is 0 Å². The summed E-state index contributed by atoms with van der Waals surface area (Å²) >= 11 is 5.65. The van der Waals surface area contributed by atoms with E-state index in [1.165, 1.54) is 22.3 Å². The third kappa shape index (κ3) is 5.74. The molecular formula is C25H28N2S. The van der Waals surface area contributed by atoms with Crippen LogP contribution >= 0.6 is 12.2 Å². The number of rotatable bonds is 9. The molecule has 0 unspecified atom stereocenters. The number of benzene rings is 2. The van der Waals surface area contributed by atoms with Gasteiger partial charge in [0, 0.05) is 24.5 Å². The summed E-state index contributed by atoms with van der Waals surface area (Å²) in [7, 11) is 0. The summed E-state index contributed by atoms with van der Waals surface area (Å²) in [5, 5.41) is 3.43. The Morgan fingerprint density at radius 1 is 0.964 bits per heavy atom. The first kappa shape index (κ1) is 20.2. The maximum Gasteiger partial charge on any atom is 0.106 e. The van der Waals surface area contributed by atoms with Gasteiger partial charge in [0.25, 0.3) is 0 Å². The first-order valence-electron chi connectivity index (χ1n) is 10.1. The van der Waals surface area contributed by atoms with Crippen LogP contribution in [-0.2, 0) is 12.8 Å². The Morgan fingerprint density at radius 2 is 1.82 bits per heavy atom. The second-order valence-electron chi connectivity index (χ2n) is 7.06. The fourth-order valence-electron chi connectivity index (χ4n) is 3.41. The first-order chi connectivity index (χ1) is 13.8. The number of aryl methyl sites for hydroxylation is 2. The second-order valence-corrected chi connectivity index (χ2v) is 7.47. The van der Waals surface area contributed by atoms with Crippen LogP contribution in [0.2, 0.25) is 0 Å². The minimum Gasteiger partial charge on any atom is -0.376 e. The van der Waals surface area contributed by atoms with Gasteiger partial charge in [-0.1, -0.05) is 74.1 Å². The second kappa shape index (κ2) is 10.7. The van der Waals surface area contributed by atoms with Gasteiger partial charge >= 0.3 is 0 Å². The van der Waals surface area contributed by atoms with Gasteiger partial charge in [0.1, 0.15) is 4.99 Å². The SMILES string of the molecule is CCCc1cc(C(=S)NCCCCc2cccnc2)ccc1-c1ccccc1. The summed E-state index contributed by atoms with van der Waals surface area (Å²) < 4.78 is 0. The molecule has 0 saturated carbocycles. The monoisotopic (exact) mass is 388 g/mol. The topological polar surface area (TPSA) is 24.9 Å². The van der Waals surface area contributed by atoms with Gasteiger partial charge in [-0.3, -0.25) is 4.98 Å². The van der Waals surface area contributed by atoms with E-state index >= 15 is 0 Å². The van der Waals surface area contributed by atoms with Crippen LogP contribution < -0.4 is 5.32 Å². The average Bonchev–Trinajstić information content (AvgIpc) is 2.75. The largest absolute Gasteiger partial charge is 0.376 e. The van der Waals surface area contributed by atoms with Crippen LogP contribution in [0.25, 0.3) is 11.1 Å². The fraction of sp³-hybridized carbons (Fsp3) is 0.280. The summed E-state index contributed by atoms with van der Waals surface area (Å²) in [5.74, 6) is 0. The number of pyridine rings is 1. The molecule has 144 valence electrons. The Kier molecular flexibility index (Phi) is 7.74. The Labute approximate surface area is 174 Å². The zero-order valence-electron chi connectivity index (χ0n) is 16.5. The van der Waals surface area contributed by atoms with Crippen molar-refractivity contribution >= 4 is 17.2 Å². The van der Waals surface area contributed by atoms with Crippen molar-refractivity contribution in [1.82, 2.24) is 10.3 Å². The smallest absolute Gasteiger partial charge is 0.106 e. The number of aromatic nitrogens is 1. The van der Waals surface area contributed by atoms with Crippen molar-refractivity contribution in [2.75, 3.05) is 6.54 Å². The van der Waals surface area contributed by atoms with Gasteiger partial charge in [-0.05, 0) is 60.1 Å². The predicted octanol–water partition coefficient (Wildman–Crippen LogP) is 5.99. The van der Waals surface area contributed by atoms with E-state index < -0.39 is 0 Å². The van der Waals surface area contributed by atoms with Crippen molar-refractivity contribution in [3.63, 3.8) is 0 Å². The number of nitrogens with one attached hydrogen (secondary N) is 1.